The summed E-state index contributed by atoms with van der Waals surface area (Å²) in [7, 11) is 2.12. The SMILES string of the molecule is CC(CNC(=O)C(N)c1cccs1)N(C)C1CC1. The predicted octanol–water partition coefficient (Wildman–Crippen LogP) is 1.35. The van der Waals surface area contributed by atoms with Crippen molar-refractivity contribution in [3.05, 3.63) is 22.4 Å². The van der Waals surface area contributed by atoms with Crippen LogP contribution in [-0.4, -0.2) is 36.5 Å². The number of thiophene rings is 1. The highest BCUT2D eigenvalue weighted by molar-refractivity contribution is 7.10. The van der Waals surface area contributed by atoms with E-state index in [-0.39, 0.29) is 5.91 Å². The molecule has 100 valence electrons. The molecule has 3 N–H and O–H groups in total. The lowest BCUT2D eigenvalue weighted by molar-refractivity contribution is -0.122. The molecule has 2 unspecified atom stereocenters. The highest BCUT2D eigenvalue weighted by Crippen LogP contribution is 2.26. The van der Waals surface area contributed by atoms with E-state index in [1.165, 1.54) is 24.2 Å². The first-order valence-corrected chi connectivity index (χ1v) is 7.26. The van der Waals surface area contributed by atoms with Crippen LogP contribution in [0.1, 0.15) is 30.7 Å². The first kappa shape index (κ1) is 13.5. The smallest absolute Gasteiger partial charge is 0.242 e. The Hall–Kier alpha value is -0.910. The molecule has 1 amide bonds. The molecule has 1 heterocycles. The second-order valence-corrected chi connectivity index (χ2v) is 5.96. The van der Waals surface area contributed by atoms with E-state index in [0.717, 1.165) is 4.88 Å². The maximum Gasteiger partial charge on any atom is 0.242 e. The van der Waals surface area contributed by atoms with E-state index in [0.29, 0.717) is 18.6 Å². The fraction of sp³-hybridized carbons (Fsp3) is 0.615. The summed E-state index contributed by atoms with van der Waals surface area (Å²) >= 11 is 1.52. The average molecular weight is 267 g/mol. The Kier molecular flexibility index (Phi) is 4.37. The van der Waals surface area contributed by atoms with Gasteiger partial charge in [0.25, 0.3) is 0 Å². The second kappa shape index (κ2) is 5.82. The van der Waals surface area contributed by atoms with Crippen molar-refractivity contribution in [2.75, 3.05) is 13.6 Å². The van der Waals surface area contributed by atoms with Crippen LogP contribution in [0.25, 0.3) is 0 Å². The van der Waals surface area contributed by atoms with Crippen molar-refractivity contribution in [2.45, 2.75) is 37.9 Å². The van der Waals surface area contributed by atoms with E-state index in [4.69, 9.17) is 5.73 Å². The summed E-state index contributed by atoms with van der Waals surface area (Å²) in [5, 5.41) is 4.87. The van der Waals surface area contributed by atoms with Gasteiger partial charge >= 0.3 is 0 Å². The van der Waals surface area contributed by atoms with Crippen LogP contribution in [0.15, 0.2) is 17.5 Å². The quantitative estimate of drug-likeness (QED) is 0.818. The van der Waals surface area contributed by atoms with Crippen LogP contribution in [0, 0.1) is 0 Å². The van der Waals surface area contributed by atoms with Crippen molar-refractivity contribution in [3.8, 4) is 0 Å². The van der Waals surface area contributed by atoms with Crippen molar-refractivity contribution in [3.63, 3.8) is 0 Å². The summed E-state index contributed by atoms with van der Waals surface area (Å²) in [5.41, 5.74) is 5.90. The van der Waals surface area contributed by atoms with Crippen LogP contribution < -0.4 is 11.1 Å². The number of nitrogens with zero attached hydrogens (tertiary/aromatic N) is 1. The molecule has 1 aliphatic carbocycles. The Labute approximate surface area is 112 Å². The van der Waals surface area contributed by atoms with Crippen molar-refractivity contribution < 1.29 is 4.79 Å². The molecule has 0 spiro atoms. The van der Waals surface area contributed by atoms with Gasteiger partial charge in [-0.3, -0.25) is 9.69 Å². The van der Waals surface area contributed by atoms with Crippen LogP contribution >= 0.6 is 11.3 Å². The van der Waals surface area contributed by atoms with Crippen LogP contribution in [0.4, 0.5) is 0 Å². The molecule has 1 saturated carbocycles. The zero-order chi connectivity index (χ0) is 13.1. The summed E-state index contributed by atoms with van der Waals surface area (Å²) in [6.07, 6.45) is 2.56. The van der Waals surface area contributed by atoms with Crippen molar-refractivity contribution >= 4 is 17.2 Å². The van der Waals surface area contributed by atoms with Crippen LogP contribution in [0.3, 0.4) is 0 Å². The summed E-state index contributed by atoms with van der Waals surface area (Å²) in [5.74, 6) is -0.0894. The Morgan fingerprint density at radius 3 is 2.94 bits per heavy atom. The fourth-order valence-corrected chi connectivity index (χ4v) is 2.67. The minimum Gasteiger partial charge on any atom is -0.353 e. The Bertz CT molecular complexity index is 389. The Balaban J connectivity index is 1.77. The molecule has 5 heteroatoms. The number of nitrogens with one attached hydrogen (secondary N) is 1. The normalized spacial score (nSPS) is 18.7. The number of likely N-dealkylation sites (N-methyl/N-ethyl adjacent to an activating group) is 1. The van der Waals surface area contributed by atoms with Gasteiger partial charge in [-0.2, -0.15) is 0 Å². The van der Waals surface area contributed by atoms with Gasteiger partial charge in [0, 0.05) is 23.5 Å². The monoisotopic (exact) mass is 267 g/mol. The highest BCUT2D eigenvalue weighted by atomic mass is 32.1. The highest BCUT2D eigenvalue weighted by Gasteiger charge is 2.29. The summed E-state index contributed by atoms with van der Waals surface area (Å²) in [6, 6.07) is 4.34. The largest absolute Gasteiger partial charge is 0.353 e. The van der Waals surface area contributed by atoms with Crippen LogP contribution in [-0.2, 0) is 4.79 Å². The maximum absolute atomic E-state index is 11.9. The zero-order valence-corrected chi connectivity index (χ0v) is 11.7. The lowest BCUT2D eigenvalue weighted by Crippen LogP contribution is -2.43. The van der Waals surface area contributed by atoms with Crippen molar-refractivity contribution in [1.82, 2.24) is 10.2 Å². The lowest BCUT2D eigenvalue weighted by atomic mass is 10.2. The van der Waals surface area contributed by atoms with Gasteiger partial charge in [-0.05, 0) is 38.3 Å². The van der Waals surface area contributed by atoms with E-state index in [1.54, 1.807) is 0 Å². The molecule has 1 aromatic rings. The van der Waals surface area contributed by atoms with Crippen molar-refractivity contribution in [2.24, 2.45) is 5.73 Å². The van der Waals surface area contributed by atoms with E-state index in [1.807, 2.05) is 17.5 Å². The van der Waals surface area contributed by atoms with E-state index < -0.39 is 6.04 Å². The van der Waals surface area contributed by atoms with Gasteiger partial charge in [0.05, 0.1) is 0 Å². The first-order chi connectivity index (χ1) is 8.59. The molecule has 2 atom stereocenters. The van der Waals surface area contributed by atoms with Gasteiger partial charge < -0.3 is 11.1 Å². The first-order valence-electron chi connectivity index (χ1n) is 6.38. The number of nitrogens with two attached hydrogens (primary N) is 1. The zero-order valence-electron chi connectivity index (χ0n) is 10.9. The number of hydrogen-bond acceptors (Lipinski definition) is 4. The van der Waals surface area contributed by atoms with Gasteiger partial charge in [-0.1, -0.05) is 6.07 Å². The molecule has 2 rings (SSSR count). The molecule has 0 bridgehead atoms. The topological polar surface area (TPSA) is 58.4 Å². The third-order valence-corrected chi connectivity index (χ3v) is 4.48. The van der Waals surface area contributed by atoms with E-state index in [9.17, 15) is 4.79 Å². The van der Waals surface area contributed by atoms with Gasteiger partial charge in [0.15, 0.2) is 0 Å². The van der Waals surface area contributed by atoms with Crippen LogP contribution in [0.2, 0.25) is 0 Å². The van der Waals surface area contributed by atoms with E-state index >= 15 is 0 Å². The number of rotatable bonds is 6. The molecule has 1 fully saturated rings. The molecule has 4 nitrogen and oxygen atoms in total. The van der Waals surface area contributed by atoms with Gasteiger partial charge in [0.1, 0.15) is 6.04 Å². The fourth-order valence-electron chi connectivity index (χ4n) is 1.94. The lowest BCUT2D eigenvalue weighted by Gasteiger charge is -2.25. The third kappa shape index (κ3) is 3.31. The van der Waals surface area contributed by atoms with E-state index in [2.05, 4.69) is 24.2 Å². The third-order valence-electron chi connectivity index (χ3n) is 3.52. The number of amides is 1. The second-order valence-electron chi connectivity index (χ2n) is 4.98. The minimum atomic E-state index is -0.538. The molecule has 0 radical (unpaired) electrons. The van der Waals surface area contributed by atoms with Gasteiger partial charge in [0.2, 0.25) is 5.91 Å². The minimum absolute atomic E-state index is 0.0894. The Morgan fingerprint density at radius 2 is 2.39 bits per heavy atom. The predicted molar refractivity (Wildman–Crippen MR) is 74.5 cm³/mol. The summed E-state index contributed by atoms with van der Waals surface area (Å²) in [4.78, 5) is 15.1. The Morgan fingerprint density at radius 1 is 1.67 bits per heavy atom. The van der Waals surface area contributed by atoms with Crippen LogP contribution in [0.5, 0.6) is 0 Å². The molecule has 0 aromatic carbocycles. The number of hydrogen-bond donors (Lipinski definition) is 2. The number of carbonyl (C=O) groups is 1. The summed E-state index contributed by atoms with van der Waals surface area (Å²) in [6.45, 7) is 2.79. The molecule has 1 aromatic heterocycles. The average Bonchev–Trinajstić information content (AvgIpc) is 3.08. The molecule has 0 aliphatic heterocycles. The summed E-state index contributed by atoms with van der Waals surface area (Å²) < 4.78 is 0. The molecule has 0 saturated heterocycles. The number of carbonyl (C=O) groups excluding carboxylic acids is 1. The van der Waals surface area contributed by atoms with Crippen molar-refractivity contribution in [1.29, 1.82) is 0 Å². The molecular weight excluding hydrogens is 246 g/mol. The standard InChI is InChI=1S/C13H21N3OS/c1-9(16(2)10-5-6-10)8-15-13(17)12(14)11-4-3-7-18-11/h3-4,7,9-10,12H,5-6,8,14H2,1-2H3,(H,15,17). The van der Waals surface area contributed by atoms with Gasteiger partial charge in [-0.15, -0.1) is 11.3 Å². The maximum atomic E-state index is 11.9. The molecule has 1 aliphatic rings. The molecular formula is C13H21N3OS. The van der Waals surface area contributed by atoms with Gasteiger partial charge in [-0.25, -0.2) is 0 Å². The molecule has 18 heavy (non-hydrogen) atoms.